The zero-order valence-electron chi connectivity index (χ0n) is 16.2. The molecule has 0 atom stereocenters. The van der Waals surface area contributed by atoms with Gasteiger partial charge in [0.05, 0.1) is 12.2 Å². The topological polar surface area (TPSA) is 82.8 Å². The molecule has 0 radical (unpaired) electrons. The van der Waals surface area contributed by atoms with Crippen molar-refractivity contribution in [2.45, 2.75) is 46.3 Å². The molecule has 1 aliphatic rings. The number of nitrogens with one attached hydrogen (secondary N) is 2. The Balaban J connectivity index is 1.51. The van der Waals surface area contributed by atoms with Gasteiger partial charge in [0.25, 0.3) is 0 Å². The minimum atomic E-state index is 0.250. The molecule has 2 N–H and O–H groups in total. The number of guanidine groups is 1. The lowest BCUT2D eigenvalue weighted by molar-refractivity contribution is -0.128. The lowest BCUT2D eigenvalue weighted by Crippen LogP contribution is -2.36. The highest BCUT2D eigenvalue weighted by atomic mass is 16.4. The first-order valence-electron chi connectivity index (χ1n) is 9.28. The number of oxazole rings is 1. The van der Waals surface area contributed by atoms with Crippen LogP contribution in [0, 0.1) is 13.8 Å². The molecule has 0 spiro atoms. The summed E-state index contributed by atoms with van der Waals surface area (Å²) in [6, 6.07) is 8.29. The highest BCUT2D eigenvalue weighted by Gasteiger charge is 2.19. The van der Waals surface area contributed by atoms with Crippen LogP contribution in [-0.2, 0) is 24.4 Å². The molecule has 3 rings (SSSR count). The Bertz CT molecular complexity index is 808. The van der Waals surface area contributed by atoms with Crippen LogP contribution in [0.3, 0.4) is 0 Å². The van der Waals surface area contributed by atoms with Gasteiger partial charge in [0, 0.05) is 33.1 Å². The number of hydrogen-bond acceptors (Lipinski definition) is 4. The molecule has 7 heteroatoms. The molecule has 144 valence electrons. The number of rotatable bonds is 6. The Labute approximate surface area is 159 Å². The van der Waals surface area contributed by atoms with Gasteiger partial charge in [-0.15, -0.1) is 0 Å². The van der Waals surface area contributed by atoms with Crippen LogP contribution in [0.5, 0.6) is 0 Å². The average molecular weight is 369 g/mol. The van der Waals surface area contributed by atoms with E-state index in [1.807, 2.05) is 24.8 Å². The molecule has 0 aliphatic carbocycles. The van der Waals surface area contributed by atoms with E-state index >= 15 is 0 Å². The average Bonchev–Trinajstić information content (AvgIpc) is 3.20. The third kappa shape index (κ3) is 5.09. The molecule has 1 fully saturated rings. The SMILES string of the molecule is CN=C(NCc1cccc(CN2CCCC2=O)c1)NCc1nc(C)c(C)o1. The van der Waals surface area contributed by atoms with Crippen molar-refractivity contribution in [3.05, 3.63) is 52.7 Å². The van der Waals surface area contributed by atoms with Crippen molar-refractivity contribution in [2.75, 3.05) is 13.6 Å². The lowest BCUT2D eigenvalue weighted by Gasteiger charge is -2.16. The number of aromatic nitrogens is 1. The summed E-state index contributed by atoms with van der Waals surface area (Å²) < 4.78 is 5.57. The van der Waals surface area contributed by atoms with Crippen LogP contribution in [0.25, 0.3) is 0 Å². The van der Waals surface area contributed by atoms with Gasteiger partial charge in [0.1, 0.15) is 5.76 Å². The summed E-state index contributed by atoms with van der Waals surface area (Å²) in [4.78, 5) is 22.3. The molecule has 7 nitrogen and oxygen atoms in total. The Hall–Kier alpha value is -2.83. The summed E-state index contributed by atoms with van der Waals surface area (Å²) >= 11 is 0. The van der Waals surface area contributed by atoms with E-state index < -0.39 is 0 Å². The predicted molar refractivity (Wildman–Crippen MR) is 104 cm³/mol. The number of amides is 1. The van der Waals surface area contributed by atoms with Gasteiger partial charge in [-0.05, 0) is 31.4 Å². The minimum absolute atomic E-state index is 0.250. The second kappa shape index (κ2) is 8.70. The van der Waals surface area contributed by atoms with Gasteiger partial charge >= 0.3 is 0 Å². The smallest absolute Gasteiger partial charge is 0.222 e. The van der Waals surface area contributed by atoms with E-state index in [0.29, 0.717) is 37.9 Å². The van der Waals surface area contributed by atoms with E-state index in [1.165, 1.54) is 0 Å². The molecular formula is C20H27N5O2. The third-order valence-electron chi connectivity index (χ3n) is 4.70. The largest absolute Gasteiger partial charge is 0.444 e. The van der Waals surface area contributed by atoms with Crippen LogP contribution in [0.2, 0.25) is 0 Å². The van der Waals surface area contributed by atoms with Crippen LogP contribution in [0.4, 0.5) is 0 Å². The summed E-state index contributed by atoms with van der Waals surface area (Å²) in [6.45, 7) is 6.50. The van der Waals surface area contributed by atoms with Crippen molar-refractivity contribution in [1.29, 1.82) is 0 Å². The van der Waals surface area contributed by atoms with Crippen molar-refractivity contribution in [3.8, 4) is 0 Å². The maximum Gasteiger partial charge on any atom is 0.222 e. The lowest BCUT2D eigenvalue weighted by atomic mass is 10.1. The number of likely N-dealkylation sites (tertiary alicyclic amines) is 1. The van der Waals surface area contributed by atoms with Crippen molar-refractivity contribution < 1.29 is 9.21 Å². The van der Waals surface area contributed by atoms with E-state index in [0.717, 1.165) is 35.5 Å². The van der Waals surface area contributed by atoms with Crippen molar-refractivity contribution >= 4 is 11.9 Å². The van der Waals surface area contributed by atoms with Crippen molar-refractivity contribution in [3.63, 3.8) is 0 Å². The van der Waals surface area contributed by atoms with E-state index in [1.54, 1.807) is 7.05 Å². The molecule has 0 bridgehead atoms. The van der Waals surface area contributed by atoms with Crippen LogP contribution in [-0.4, -0.2) is 35.3 Å². The van der Waals surface area contributed by atoms with E-state index in [2.05, 4.69) is 38.8 Å². The molecule has 1 aromatic carbocycles. The van der Waals surface area contributed by atoms with E-state index in [4.69, 9.17) is 4.42 Å². The summed E-state index contributed by atoms with van der Waals surface area (Å²) in [6.07, 6.45) is 1.64. The van der Waals surface area contributed by atoms with Gasteiger partial charge in [0.2, 0.25) is 11.8 Å². The van der Waals surface area contributed by atoms with Gasteiger partial charge in [-0.3, -0.25) is 9.79 Å². The second-order valence-electron chi connectivity index (χ2n) is 6.77. The maximum atomic E-state index is 11.8. The summed E-state index contributed by atoms with van der Waals surface area (Å²) in [7, 11) is 1.73. The fourth-order valence-corrected chi connectivity index (χ4v) is 3.11. The Kier molecular flexibility index (Phi) is 6.11. The van der Waals surface area contributed by atoms with Gasteiger partial charge < -0.3 is 20.0 Å². The fourth-order valence-electron chi connectivity index (χ4n) is 3.11. The standard InChI is InChI=1S/C20H27N5O2/c1-14-15(2)27-18(24-14)12-23-20(21-3)22-11-16-6-4-7-17(10-16)13-25-9-5-8-19(25)26/h4,6-7,10H,5,8-9,11-13H2,1-3H3,(H2,21,22,23). The van der Waals surface area contributed by atoms with Crippen LogP contribution in [0.15, 0.2) is 33.7 Å². The second-order valence-corrected chi connectivity index (χ2v) is 6.77. The van der Waals surface area contributed by atoms with E-state index in [9.17, 15) is 4.79 Å². The zero-order chi connectivity index (χ0) is 19.2. The number of nitrogens with zero attached hydrogens (tertiary/aromatic N) is 3. The van der Waals surface area contributed by atoms with Gasteiger partial charge in [-0.25, -0.2) is 4.98 Å². The predicted octanol–water partition coefficient (Wildman–Crippen LogP) is 2.28. The number of hydrogen-bond donors (Lipinski definition) is 2. The summed E-state index contributed by atoms with van der Waals surface area (Å²) in [5.41, 5.74) is 3.20. The van der Waals surface area contributed by atoms with E-state index in [-0.39, 0.29) is 5.91 Å². The first kappa shape index (κ1) is 18.9. The number of aliphatic imine (C=N–C) groups is 1. The molecular weight excluding hydrogens is 342 g/mol. The maximum absolute atomic E-state index is 11.8. The fraction of sp³-hybridized carbons (Fsp3) is 0.450. The molecule has 0 saturated carbocycles. The third-order valence-corrected chi connectivity index (χ3v) is 4.70. The molecule has 1 saturated heterocycles. The quantitative estimate of drug-likeness (QED) is 0.603. The molecule has 1 amide bonds. The first-order valence-corrected chi connectivity index (χ1v) is 9.28. The number of carbonyl (C=O) groups excluding carboxylic acids is 1. The molecule has 0 unspecified atom stereocenters. The summed E-state index contributed by atoms with van der Waals surface area (Å²) in [5.74, 6) is 2.41. The number of carbonyl (C=O) groups is 1. The minimum Gasteiger partial charge on any atom is -0.444 e. The molecule has 2 aromatic rings. The Morgan fingerprint density at radius 1 is 1.26 bits per heavy atom. The van der Waals surface area contributed by atoms with Gasteiger partial charge in [-0.2, -0.15) is 0 Å². The van der Waals surface area contributed by atoms with Gasteiger partial charge in [-0.1, -0.05) is 24.3 Å². The molecule has 27 heavy (non-hydrogen) atoms. The van der Waals surface area contributed by atoms with Crippen LogP contribution < -0.4 is 10.6 Å². The van der Waals surface area contributed by atoms with Crippen molar-refractivity contribution in [1.82, 2.24) is 20.5 Å². The molecule has 2 heterocycles. The monoisotopic (exact) mass is 369 g/mol. The highest BCUT2D eigenvalue weighted by Crippen LogP contribution is 2.15. The number of aryl methyl sites for hydroxylation is 2. The Morgan fingerprint density at radius 3 is 2.70 bits per heavy atom. The van der Waals surface area contributed by atoms with Crippen molar-refractivity contribution in [2.24, 2.45) is 4.99 Å². The zero-order valence-corrected chi connectivity index (χ0v) is 16.2. The molecule has 1 aliphatic heterocycles. The molecule has 1 aromatic heterocycles. The first-order chi connectivity index (χ1) is 13.0. The Morgan fingerprint density at radius 2 is 2.04 bits per heavy atom. The summed E-state index contributed by atoms with van der Waals surface area (Å²) in [5, 5.41) is 6.50. The normalized spacial score (nSPS) is 14.7. The highest BCUT2D eigenvalue weighted by molar-refractivity contribution is 5.79. The number of benzene rings is 1. The van der Waals surface area contributed by atoms with Crippen LogP contribution >= 0.6 is 0 Å². The van der Waals surface area contributed by atoms with Gasteiger partial charge in [0.15, 0.2) is 5.96 Å². The van der Waals surface area contributed by atoms with Crippen LogP contribution in [0.1, 0.15) is 41.3 Å².